The Morgan fingerprint density at radius 3 is 2.59 bits per heavy atom. The Kier molecular flexibility index (Phi) is 2.85. The summed E-state index contributed by atoms with van der Waals surface area (Å²) in [6, 6.07) is 0. The minimum Gasteiger partial charge on any atom is -0.395 e. The van der Waals surface area contributed by atoms with E-state index < -0.39 is 0 Å². The first-order valence-electron chi connectivity index (χ1n) is 6.10. The lowest BCUT2D eigenvalue weighted by Crippen LogP contribution is -2.53. The molecular formula is C12H20N4O. The Morgan fingerprint density at radius 1 is 1.59 bits per heavy atom. The predicted molar refractivity (Wildman–Crippen MR) is 66.7 cm³/mol. The summed E-state index contributed by atoms with van der Waals surface area (Å²) >= 11 is 0. The molecule has 1 aliphatic carbocycles. The van der Waals surface area contributed by atoms with Gasteiger partial charge in [-0.2, -0.15) is 5.10 Å². The highest BCUT2D eigenvalue weighted by Gasteiger charge is 2.37. The Balaban J connectivity index is 2.20. The van der Waals surface area contributed by atoms with E-state index in [2.05, 4.69) is 17.3 Å². The summed E-state index contributed by atoms with van der Waals surface area (Å²) in [5, 5.41) is 7.27. The summed E-state index contributed by atoms with van der Waals surface area (Å²) in [6.45, 7) is 3.92. The van der Waals surface area contributed by atoms with Crippen LogP contribution in [0.1, 0.15) is 48.8 Å². The van der Waals surface area contributed by atoms with E-state index in [9.17, 15) is 4.79 Å². The number of amides is 1. The third-order valence-corrected chi connectivity index (χ3v) is 3.85. The molecule has 2 rings (SSSR count). The molecule has 1 aromatic rings. The van der Waals surface area contributed by atoms with E-state index in [1.165, 1.54) is 6.42 Å². The van der Waals surface area contributed by atoms with Crippen molar-refractivity contribution in [2.45, 2.75) is 45.1 Å². The van der Waals surface area contributed by atoms with Gasteiger partial charge in [-0.05, 0) is 32.6 Å². The molecule has 0 bridgehead atoms. The van der Waals surface area contributed by atoms with Gasteiger partial charge in [0.05, 0.1) is 11.4 Å². The molecule has 0 saturated heterocycles. The first kappa shape index (κ1) is 12.0. The Hall–Kier alpha value is -1.52. The van der Waals surface area contributed by atoms with Crippen LogP contribution in [0.15, 0.2) is 0 Å². The minimum atomic E-state index is -0.104. The molecule has 0 aliphatic heterocycles. The average molecular weight is 236 g/mol. The summed E-state index contributed by atoms with van der Waals surface area (Å²) < 4.78 is 1.56. The largest absolute Gasteiger partial charge is 0.395 e. The molecule has 1 aromatic heterocycles. The van der Waals surface area contributed by atoms with Crippen LogP contribution in [0.25, 0.3) is 0 Å². The van der Waals surface area contributed by atoms with E-state index in [0.29, 0.717) is 17.1 Å². The van der Waals surface area contributed by atoms with Gasteiger partial charge in [-0.3, -0.25) is 9.48 Å². The smallest absolute Gasteiger partial charge is 0.272 e. The highest BCUT2D eigenvalue weighted by atomic mass is 16.2. The second-order valence-corrected chi connectivity index (χ2v) is 4.91. The molecule has 94 valence electrons. The second kappa shape index (κ2) is 4.05. The number of nitrogens with two attached hydrogens (primary N) is 1. The molecule has 3 N–H and O–H groups in total. The van der Waals surface area contributed by atoms with Gasteiger partial charge in [-0.1, -0.05) is 6.92 Å². The number of carbonyl (C=O) groups excluding carboxylic acids is 1. The van der Waals surface area contributed by atoms with Gasteiger partial charge >= 0.3 is 0 Å². The molecule has 1 saturated carbocycles. The number of aromatic nitrogens is 2. The number of nitrogens with zero attached hydrogens (tertiary/aromatic N) is 2. The zero-order chi connectivity index (χ0) is 12.6. The van der Waals surface area contributed by atoms with Crippen molar-refractivity contribution in [3.05, 3.63) is 11.4 Å². The monoisotopic (exact) mass is 236 g/mol. The van der Waals surface area contributed by atoms with Gasteiger partial charge in [-0.15, -0.1) is 0 Å². The van der Waals surface area contributed by atoms with Crippen LogP contribution in [0.4, 0.5) is 5.69 Å². The summed E-state index contributed by atoms with van der Waals surface area (Å²) in [5.41, 5.74) is 7.53. The van der Waals surface area contributed by atoms with Gasteiger partial charge in [0.15, 0.2) is 0 Å². The molecule has 17 heavy (non-hydrogen) atoms. The lowest BCUT2D eigenvalue weighted by atomic mass is 9.75. The van der Waals surface area contributed by atoms with Crippen LogP contribution in [0, 0.1) is 6.92 Å². The highest BCUT2D eigenvalue weighted by molar-refractivity contribution is 5.98. The number of hydrogen-bond donors (Lipinski definition) is 2. The Labute approximate surface area is 101 Å². The zero-order valence-electron chi connectivity index (χ0n) is 10.7. The predicted octanol–water partition coefficient (Wildman–Crippen LogP) is 1.37. The molecule has 1 heterocycles. The van der Waals surface area contributed by atoms with E-state index in [1.807, 2.05) is 6.92 Å². The highest BCUT2D eigenvalue weighted by Crippen LogP contribution is 2.35. The minimum absolute atomic E-state index is 0.0122. The van der Waals surface area contributed by atoms with Crippen molar-refractivity contribution in [3.63, 3.8) is 0 Å². The molecular weight excluding hydrogens is 216 g/mol. The summed E-state index contributed by atoms with van der Waals surface area (Å²) in [5.74, 6) is -0.104. The van der Waals surface area contributed by atoms with E-state index in [4.69, 9.17) is 5.73 Å². The van der Waals surface area contributed by atoms with Crippen molar-refractivity contribution in [2.75, 3.05) is 5.73 Å². The van der Waals surface area contributed by atoms with Gasteiger partial charge in [-0.25, -0.2) is 0 Å². The van der Waals surface area contributed by atoms with Crippen molar-refractivity contribution in [2.24, 2.45) is 7.05 Å². The molecule has 0 atom stereocenters. The molecule has 5 heteroatoms. The van der Waals surface area contributed by atoms with Crippen LogP contribution in [0.5, 0.6) is 0 Å². The molecule has 0 aromatic carbocycles. The fourth-order valence-corrected chi connectivity index (χ4v) is 2.41. The number of aryl methyl sites for hydroxylation is 2. The first-order valence-corrected chi connectivity index (χ1v) is 6.10. The van der Waals surface area contributed by atoms with Crippen LogP contribution in [-0.2, 0) is 7.05 Å². The van der Waals surface area contributed by atoms with Crippen LogP contribution in [0.2, 0.25) is 0 Å². The quantitative estimate of drug-likeness (QED) is 0.832. The van der Waals surface area contributed by atoms with Gasteiger partial charge in [0, 0.05) is 12.6 Å². The fourth-order valence-electron chi connectivity index (χ4n) is 2.41. The van der Waals surface area contributed by atoms with E-state index in [0.717, 1.165) is 19.3 Å². The van der Waals surface area contributed by atoms with E-state index >= 15 is 0 Å². The van der Waals surface area contributed by atoms with E-state index in [1.54, 1.807) is 11.7 Å². The number of anilines is 1. The summed E-state index contributed by atoms with van der Waals surface area (Å²) in [6.07, 6.45) is 4.28. The van der Waals surface area contributed by atoms with Gasteiger partial charge < -0.3 is 11.1 Å². The lowest BCUT2D eigenvalue weighted by molar-refractivity contribution is 0.0811. The molecule has 1 amide bonds. The van der Waals surface area contributed by atoms with Crippen LogP contribution in [-0.4, -0.2) is 21.2 Å². The number of nitrogen functional groups attached to an aromatic ring is 1. The first-order chi connectivity index (χ1) is 7.99. The molecule has 0 unspecified atom stereocenters. The van der Waals surface area contributed by atoms with Gasteiger partial charge in [0.1, 0.15) is 5.69 Å². The van der Waals surface area contributed by atoms with Crippen LogP contribution >= 0.6 is 0 Å². The SMILES string of the molecule is CCC1(NC(=O)c2c(N)c(C)nn2C)CCC1. The normalized spacial score (nSPS) is 17.6. The average Bonchev–Trinajstić information content (AvgIpc) is 2.47. The standard InChI is InChI=1S/C12H20N4O/c1-4-12(6-5-7-12)14-11(17)10-9(13)8(2)15-16(10)3/h4-7,13H2,1-3H3,(H,14,17). The topological polar surface area (TPSA) is 72.9 Å². The number of carbonyl (C=O) groups is 1. The third kappa shape index (κ3) is 1.90. The number of hydrogen-bond acceptors (Lipinski definition) is 3. The Morgan fingerprint density at radius 2 is 2.24 bits per heavy atom. The fraction of sp³-hybridized carbons (Fsp3) is 0.667. The molecule has 1 aliphatic rings. The lowest BCUT2D eigenvalue weighted by Gasteiger charge is -2.41. The maximum atomic E-state index is 12.2. The molecule has 5 nitrogen and oxygen atoms in total. The molecule has 0 radical (unpaired) electrons. The van der Waals surface area contributed by atoms with Crippen molar-refractivity contribution in [1.29, 1.82) is 0 Å². The zero-order valence-corrected chi connectivity index (χ0v) is 10.7. The third-order valence-electron chi connectivity index (χ3n) is 3.85. The van der Waals surface area contributed by atoms with Crippen LogP contribution < -0.4 is 11.1 Å². The van der Waals surface area contributed by atoms with Crippen LogP contribution in [0.3, 0.4) is 0 Å². The summed E-state index contributed by atoms with van der Waals surface area (Å²) in [7, 11) is 1.75. The van der Waals surface area contributed by atoms with Crippen molar-refractivity contribution < 1.29 is 4.79 Å². The van der Waals surface area contributed by atoms with Crippen molar-refractivity contribution >= 4 is 11.6 Å². The Bertz CT molecular complexity index is 440. The molecule has 0 spiro atoms. The van der Waals surface area contributed by atoms with Gasteiger partial charge in [0.2, 0.25) is 0 Å². The van der Waals surface area contributed by atoms with Gasteiger partial charge in [0.25, 0.3) is 5.91 Å². The molecule has 1 fully saturated rings. The summed E-state index contributed by atoms with van der Waals surface area (Å²) in [4.78, 5) is 12.2. The van der Waals surface area contributed by atoms with E-state index in [-0.39, 0.29) is 11.4 Å². The maximum Gasteiger partial charge on any atom is 0.272 e. The van der Waals surface area contributed by atoms with Crippen molar-refractivity contribution in [3.8, 4) is 0 Å². The number of rotatable bonds is 3. The number of nitrogens with one attached hydrogen (secondary N) is 1. The maximum absolute atomic E-state index is 12.2. The second-order valence-electron chi connectivity index (χ2n) is 4.91. The van der Waals surface area contributed by atoms with Crippen molar-refractivity contribution in [1.82, 2.24) is 15.1 Å².